The van der Waals surface area contributed by atoms with Crippen LogP contribution in [0, 0.1) is 0 Å². The molecular formula is C14H13N2O3S-. The van der Waals surface area contributed by atoms with Crippen molar-refractivity contribution in [3.8, 4) is 0 Å². The van der Waals surface area contributed by atoms with Gasteiger partial charge in [-0.15, -0.1) is 0 Å². The molecule has 0 aliphatic carbocycles. The molecule has 0 saturated heterocycles. The number of rotatable bonds is 5. The van der Waals surface area contributed by atoms with Crippen molar-refractivity contribution in [1.82, 2.24) is 5.32 Å². The molecule has 1 aromatic carbocycles. The average molecular weight is 289 g/mol. The third kappa shape index (κ3) is 4.10. The minimum atomic E-state index is -1.21. The lowest BCUT2D eigenvalue weighted by atomic mass is 10.1. The summed E-state index contributed by atoms with van der Waals surface area (Å²) in [5.74, 6) is -1.21. The molecule has 1 heterocycles. The summed E-state index contributed by atoms with van der Waals surface area (Å²) in [6, 6.07) is 9.66. The lowest BCUT2D eigenvalue weighted by molar-refractivity contribution is -0.306. The summed E-state index contributed by atoms with van der Waals surface area (Å²) in [6.45, 7) is 0. The number of aliphatic carboxylic acids is 1. The highest BCUT2D eigenvalue weighted by atomic mass is 32.1. The van der Waals surface area contributed by atoms with Crippen molar-refractivity contribution in [1.29, 1.82) is 0 Å². The zero-order valence-corrected chi connectivity index (χ0v) is 11.4. The maximum atomic E-state index is 11.9. The zero-order chi connectivity index (χ0) is 14.4. The standard InChI is InChI=1S/C14H14N2O3S/c17-13(18)8-12(10-6-7-20-9-10)16-14(19)15-11-4-2-1-3-5-11/h1-7,9,12H,8H2,(H,17,18)(H2,15,16,19)/p-1/t12-/m1/s1. The first-order chi connectivity index (χ1) is 9.65. The van der Waals surface area contributed by atoms with Gasteiger partial charge in [0.25, 0.3) is 0 Å². The molecule has 1 atom stereocenters. The average Bonchev–Trinajstić information content (AvgIpc) is 2.92. The molecule has 1 aromatic heterocycles. The number of carboxylic acids is 1. The molecule has 2 rings (SSSR count). The SMILES string of the molecule is O=C([O-])C[C@@H](NC(=O)Nc1ccccc1)c1ccsc1. The number of hydrogen-bond acceptors (Lipinski definition) is 4. The molecular weight excluding hydrogens is 276 g/mol. The van der Waals surface area contributed by atoms with Gasteiger partial charge in [0, 0.05) is 18.1 Å². The van der Waals surface area contributed by atoms with E-state index >= 15 is 0 Å². The highest BCUT2D eigenvalue weighted by Gasteiger charge is 2.15. The van der Waals surface area contributed by atoms with Crippen molar-refractivity contribution in [3.05, 3.63) is 52.7 Å². The van der Waals surface area contributed by atoms with Crippen LogP contribution in [0.25, 0.3) is 0 Å². The number of thiophene rings is 1. The fraction of sp³-hybridized carbons (Fsp3) is 0.143. The number of carbonyl (C=O) groups is 2. The number of urea groups is 1. The first-order valence-corrected chi connectivity index (χ1v) is 6.94. The molecule has 0 aliphatic rings. The fourth-order valence-corrected chi connectivity index (χ4v) is 2.45. The van der Waals surface area contributed by atoms with Gasteiger partial charge in [0.1, 0.15) is 0 Å². The number of para-hydroxylation sites is 1. The van der Waals surface area contributed by atoms with Gasteiger partial charge in [0.05, 0.1) is 6.04 Å². The van der Waals surface area contributed by atoms with Crippen LogP contribution in [-0.2, 0) is 4.79 Å². The van der Waals surface area contributed by atoms with Crippen LogP contribution >= 0.6 is 11.3 Å². The molecule has 5 nitrogen and oxygen atoms in total. The van der Waals surface area contributed by atoms with Gasteiger partial charge in [-0.25, -0.2) is 4.79 Å². The van der Waals surface area contributed by atoms with Crippen molar-refractivity contribution >= 4 is 29.0 Å². The molecule has 2 aromatic rings. The molecule has 0 spiro atoms. The number of nitrogens with one attached hydrogen (secondary N) is 2. The lowest BCUT2D eigenvalue weighted by Crippen LogP contribution is -2.36. The van der Waals surface area contributed by atoms with E-state index in [9.17, 15) is 14.7 Å². The van der Waals surface area contributed by atoms with Crippen LogP contribution in [0.2, 0.25) is 0 Å². The summed E-state index contributed by atoms with van der Waals surface area (Å²) in [4.78, 5) is 22.6. The molecule has 0 aliphatic heterocycles. The van der Waals surface area contributed by atoms with Crippen molar-refractivity contribution in [2.75, 3.05) is 5.32 Å². The van der Waals surface area contributed by atoms with Gasteiger partial charge in [-0.3, -0.25) is 0 Å². The summed E-state index contributed by atoms with van der Waals surface area (Å²) >= 11 is 1.44. The van der Waals surface area contributed by atoms with Crippen LogP contribution in [-0.4, -0.2) is 12.0 Å². The summed E-state index contributed by atoms with van der Waals surface area (Å²) in [5.41, 5.74) is 1.39. The van der Waals surface area contributed by atoms with E-state index in [1.165, 1.54) is 11.3 Å². The van der Waals surface area contributed by atoms with E-state index in [0.29, 0.717) is 5.69 Å². The number of hydrogen-bond donors (Lipinski definition) is 2. The van der Waals surface area contributed by atoms with Crippen molar-refractivity contribution < 1.29 is 14.7 Å². The van der Waals surface area contributed by atoms with Gasteiger partial charge in [0.2, 0.25) is 0 Å². The molecule has 104 valence electrons. The van der Waals surface area contributed by atoms with Crippen LogP contribution in [0.1, 0.15) is 18.0 Å². The summed E-state index contributed by atoms with van der Waals surface area (Å²) in [7, 11) is 0. The Morgan fingerprint density at radius 2 is 1.95 bits per heavy atom. The van der Waals surface area contributed by atoms with Crippen molar-refractivity contribution in [2.45, 2.75) is 12.5 Å². The van der Waals surface area contributed by atoms with Crippen LogP contribution in [0.4, 0.5) is 10.5 Å². The molecule has 0 bridgehead atoms. The second-order valence-electron chi connectivity index (χ2n) is 4.15. The van der Waals surface area contributed by atoms with E-state index in [4.69, 9.17) is 0 Å². The van der Waals surface area contributed by atoms with Gasteiger partial charge in [-0.05, 0) is 34.5 Å². The van der Waals surface area contributed by atoms with Crippen molar-refractivity contribution in [2.24, 2.45) is 0 Å². The number of carbonyl (C=O) groups excluding carboxylic acids is 2. The van der Waals surface area contributed by atoms with Crippen LogP contribution in [0.3, 0.4) is 0 Å². The number of anilines is 1. The quantitative estimate of drug-likeness (QED) is 0.880. The van der Waals surface area contributed by atoms with Gasteiger partial charge in [-0.1, -0.05) is 18.2 Å². The highest BCUT2D eigenvalue weighted by Crippen LogP contribution is 2.19. The number of amides is 2. The second-order valence-corrected chi connectivity index (χ2v) is 4.93. The summed E-state index contributed by atoms with van der Waals surface area (Å²) in [6.07, 6.45) is -0.265. The molecule has 0 saturated carbocycles. The summed E-state index contributed by atoms with van der Waals surface area (Å²) < 4.78 is 0. The topological polar surface area (TPSA) is 81.3 Å². The first kappa shape index (κ1) is 14.1. The third-order valence-corrected chi connectivity index (χ3v) is 3.35. The van der Waals surface area contributed by atoms with Crippen LogP contribution in [0.15, 0.2) is 47.2 Å². The largest absolute Gasteiger partial charge is 0.550 e. The Balaban J connectivity index is 2.00. The van der Waals surface area contributed by atoms with Gasteiger partial charge < -0.3 is 20.5 Å². The van der Waals surface area contributed by atoms with E-state index in [1.807, 2.05) is 11.4 Å². The van der Waals surface area contributed by atoms with Gasteiger partial charge >= 0.3 is 6.03 Å². The van der Waals surface area contributed by atoms with E-state index < -0.39 is 18.0 Å². The Morgan fingerprint density at radius 3 is 2.55 bits per heavy atom. The van der Waals surface area contributed by atoms with Gasteiger partial charge in [0.15, 0.2) is 0 Å². The number of benzene rings is 1. The second kappa shape index (κ2) is 6.72. The Labute approximate surface area is 120 Å². The van der Waals surface area contributed by atoms with Crippen LogP contribution in [0.5, 0.6) is 0 Å². The molecule has 0 fully saturated rings. The molecule has 2 amide bonds. The predicted octanol–water partition coefficient (Wildman–Crippen LogP) is 1.75. The molecule has 6 heteroatoms. The molecule has 2 N–H and O–H groups in total. The summed E-state index contributed by atoms with van der Waals surface area (Å²) in [5, 5.41) is 19.7. The zero-order valence-electron chi connectivity index (χ0n) is 10.5. The Kier molecular flexibility index (Phi) is 4.73. The lowest BCUT2D eigenvalue weighted by Gasteiger charge is -2.18. The molecule has 0 unspecified atom stereocenters. The van der Waals surface area contributed by atoms with E-state index in [0.717, 1.165) is 5.56 Å². The van der Waals surface area contributed by atoms with Gasteiger partial charge in [-0.2, -0.15) is 11.3 Å². The number of carboxylic acid groups (broad SMARTS) is 1. The van der Waals surface area contributed by atoms with E-state index in [-0.39, 0.29) is 6.42 Å². The highest BCUT2D eigenvalue weighted by molar-refractivity contribution is 7.08. The first-order valence-electron chi connectivity index (χ1n) is 5.99. The Bertz CT molecular complexity index is 569. The Morgan fingerprint density at radius 1 is 1.20 bits per heavy atom. The van der Waals surface area contributed by atoms with E-state index in [1.54, 1.807) is 35.7 Å². The maximum absolute atomic E-state index is 11.9. The monoisotopic (exact) mass is 289 g/mol. The third-order valence-electron chi connectivity index (χ3n) is 2.65. The minimum Gasteiger partial charge on any atom is -0.550 e. The normalized spacial score (nSPS) is 11.6. The van der Waals surface area contributed by atoms with E-state index in [2.05, 4.69) is 10.6 Å². The minimum absolute atomic E-state index is 0.265. The predicted molar refractivity (Wildman–Crippen MR) is 75.3 cm³/mol. The smallest absolute Gasteiger partial charge is 0.319 e. The molecule has 20 heavy (non-hydrogen) atoms. The van der Waals surface area contributed by atoms with Crippen molar-refractivity contribution in [3.63, 3.8) is 0 Å². The maximum Gasteiger partial charge on any atom is 0.319 e. The fourth-order valence-electron chi connectivity index (χ4n) is 1.74. The molecule has 0 radical (unpaired) electrons. The van der Waals surface area contributed by atoms with Crippen LogP contribution < -0.4 is 15.7 Å². The Hall–Kier alpha value is -2.34.